The first kappa shape index (κ1) is 22.6. The summed E-state index contributed by atoms with van der Waals surface area (Å²) in [6.07, 6.45) is 0.685. The van der Waals surface area contributed by atoms with Crippen molar-refractivity contribution < 1.29 is 52.1 Å². The molecule has 0 aliphatic carbocycles. The summed E-state index contributed by atoms with van der Waals surface area (Å²) in [6.45, 7) is 5.79. The zero-order chi connectivity index (χ0) is 16.9. The maximum absolute atomic E-state index is 12.4. The average molecular weight is 351 g/mol. The van der Waals surface area contributed by atoms with Gasteiger partial charge in [0.05, 0.1) is 18.3 Å². The number of hydrogen-bond acceptors (Lipinski definition) is 5. The summed E-state index contributed by atoms with van der Waals surface area (Å²) in [5.41, 5.74) is 2.42. The van der Waals surface area contributed by atoms with Crippen molar-refractivity contribution in [1.82, 2.24) is 0 Å². The van der Waals surface area contributed by atoms with Crippen molar-refractivity contribution in [1.29, 1.82) is 0 Å². The monoisotopic (exact) mass is 351 g/mol. The van der Waals surface area contributed by atoms with E-state index >= 15 is 0 Å². The van der Waals surface area contributed by atoms with Gasteiger partial charge in [0.25, 0.3) is 0 Å². The minimum Gasteiger partial charge on any atom is -0.748 e. The second kappa shape index (κ2) is 9.76. The van der Waals surface area contributed by atoms with E-state index in [1.54, 1.807) is 6.92 Å². The van der Waals surface area contributed by atoms with Crippen LogP contribution in [0, 0.1) is 6.92 Å². The summed E-state index contributed by atoms with van der Waals surface area (Å²) >= 11 is 0. The van der Waals surface area contributed by atoms with Gasteiger partial charge in [-0.05, 0) is 31.4 Å². The van der Waals surface area contributed by atoms with Gasteiger partial charge in [0.2, 0.25) is 5.91 Å². The molecule has 0 fully saturated rings. The molecule has 0 spiro atoms. The third-order valence-electron chi connectivity index (χ3n) is 3.36. The zero-order valence-electron chi connectivity index (χ0n) is 14.3. The van der Waals surface area contributed by atoms with E-state index in [1.807, 2.05) is 32.0 Å². The van der Waals surface area contributed by atoms with E-state index < -0.39 is 21.8 Å². The molecule has 1 atom stereocenters. The molecular formula is C15H22NNaO5S. The molecule has 1 amide bonds. The van der Waals surface area contributed by atoms with Crippen LogP contribution in [0.15, 0.2) is 18.2 Å². The van der Waals surface area contributed by atoms with Crippen LogP contribution >= 0.6 is 0 Å². The summed E-state index contributed by atoms with van der Waals surface area (Å²) < 4.78 is 38.0. The van der Waals surface area contributed by atoms with Crippen molar-refractivity contribution in [3.63, 3.8) is 0 Å². The molecule has 0 saturated carbocycles. The Hall–Kier alpha value is -0.440. The maximum Gasteiger partial charge on any atom is 1.00 e. The van der Waals surface area contributed by atoms with Crippen LogP contribution in [0.3, 0.4) is 0 Å². The Morgan fingerprint density at radius 2 is 2.00 bits per heavy atom. The summed E-state index contributed by atoms with van der Waals surface area (Å²) in [7, 11) is -3.14. The molecule has 0 aliphatic heterocycles. The third kappa shape index (κ3) is 6.52. The van der Waals surface area contributed by atoms with Gasteiger partial charge in [0.15, 0.2) is 0 Å². The molecule has 0 N–H and O–H groups in total. The molecule has 1 rings (SSSR count). The largest absolute Gasteiger partial charge is 1.00 e. The van der Waals surface area contributed by atoms with Gasteiger partial charge in [-0.25, -0.2) is 8.42 Å². The summed E-state index contributed by atoms with van der Waals surface area (Å²) in [5, 5.41) is 0. The fourth-order valence-electron chi connectivity index (χ4n) is 2.48. The normalized spacial score (nSPS) is 12.4. The van der Waals surface area contributed by atoms with Crippen LogP contribution < -0.4 is 34.5 Å². The van der Waals surface area contributed by atoms with E-state index in [0.717, 1.165) is 11.1 Å². The zero-order valence-corrected chi connectivity index (χ0v) is 17.1. The number of carbonyl (C=O) groups is 1. The van der Waals surface area contributed by atoms with E-state index in [0.29, 0.717) is 12.1 Å². The topological polar surface area (TPSA) is 86.7 Å². The Bertz CT molecular complexity index is 633. The predicted octanol–water partition coefficient (Wildman–Crippen LogP) is -1.53. The summed E-state index contributed by atoms with van der Waals surface area (Å²) in [5.74, 6) is -1.79. The van der Waals surface area contributed by atoms with Crippen LogP contribution in [0.4, 0.5) is 5.69 Å². The van der Waals surface area contributed by atoms with E-state index in [4.69, 9.17) is 4.74 Å². The summed E-state index contributed by atoms with van der Waals surface area (Å²) in [6, 6.07) is 5.23. The quantitative estimate of drug-likeness (QED) is 0.440. The molecule has 0 saturated heterocycles. The van der Waals surface area contributed by atoms with Gasteiger partial charge in [0.1, 0.15) is 15.9 Å². The number of hydrogen-bond donors (Lipinski definition) is 0. The first-order valence-electron chi connectivity index (χ1n) is 7.04. The molecule has 0 heterocycles. The Balaban J connectivity index is 0.00000484. The first-order chi connectivity index (χ1) is 10.2. The Morgan fingerprint density at radius 3 is 2.48 bits per heavy atom. The van der Waals surface area contributed by atoms with Crippen LogP contribution in [0.1, 0.15) is 25.0 Å². The van der Waals surface area contributed by atoms with E-state index in [9.17, 15) is 17.8 Å². The van der Waals surface area contributed by atoms with Crippen molar-refractivity contribution in [2.75, 3.05) is 24.4 Å². The van der Waals surface area contributed by atoms with Crippen molar-refractivity contribution in [2.24, 2.45) is 0 Å². The summed E-state index contributed by atoms with van der Waals surface area (Å²) in [4.78, 5) is 13.8. The van der Waals surface area contributed by atoms with Crippen LogP contribution in [0.2, 0.25) is 0 Å². The van der Waals surface area contributed by atoms with Crippen molar-refractivity contribution in [3.05, 3.63) is 29.3 Å². The van der Waals surface area contributed by atoms with Crippen LogP contribution in [-0.4, -0.2) is 44.4 Å². The number of para-hydroxylation sites is 1. The van der Waals surface area contributed by atoms with Gasteiger partial charge >= 0.3 is 29.6 Å². The Labute approximate surface area is 160 Å². The molecule has 6 nitrogen and oxygen atoms in total. The molecule has 0 aliphatic rings. The molecule has 1 aromatic carbocycles. The molecule has 124 valence electrons. The van der Waals surface area contributed by atoms with E-state index in [2.05, 4.69) is 0 Å². The molecule has 23 heavy (non-hydrogen) atoms. The van der Waals surface area contributed by atoms with Crippen LogP contribution in [-0.2, 0) is 26.1 Å². The third-order valence-corrected chi connectivity index (χ3v) is 3.96. The molecule has 8 heteroatoms. The SMILES string of the molecule is CCc1cccc(C)c1N(C(=O)CS(=O)(=O)[O-])C(C)COC.[Na+]. The molecule has 1 aromatic rings. The van der Waals surface area contributed by atoms with E-state index in [-0.39, 0.29) is 42.2 Å². The van der Waals surface area contributed by atoms with Gasteiger partial charge in [0, 0.05) is 7.11 Å². The Kier molecular flexibility index (Phi) is 9.57. The van der Waals surface area contributed by atoms with E-state index in [1.165, 1.54) is 12.0 Å². The fourth-order valence-corrected chi connectivity index (χ4v) is 2.92. The number of amides is 1. The molecule has 0 radical (unpaired) electrons. The molecule has 1 unspecified atom stereocenters. The van der Waals surface area contributed by atoms with Gasteiger partial charge < -0.3 is 14.2 Å². The number of nitrogens with zero attached hydrogens (tertiary/aromatic N) is 1. The number of methoxy groups -OCH3 is 1. The minimum atomic E-state index is -4.64. The van der Waals surface area contributed by atoms with Crippen molar-refractivity contribution in [2.45, 2.75) is 33.2 Å². The standard InChI is InChI=1S/C15H23NO5S.Na/c1-5-13-8-6-7-11(2)15(13)16(12(3)9-21-4)14(17)10-22(18,19)20;/h6-8,12H,5,9-10H2,1-4H3,(H,18,19,20);/q;+1/p-1. The molecule has 0 aromatic heterocycles. The number of benzene rings is 1. The average Bonchev–Trinajstić information content (AvgIpc) is 2.39. The number of carbonyl (C=O) groups excluding carboxylic acids is 1. The van der Waals surface area contributed by atoms with Crippen molar-refractivity contribution >= 4 is 21.7 Å². The van der Waals surface area contributed by atoms with Gasteiger partial charge in [-0.2, -0.15) is 0 Å². The van der Waals surface area contributed by atoms with Gasteiger partial charge in [-0.1, -0.05) is 25.1 Å². The smallest absolute Gasteiger partial charge is 0.748 e. The van der Waals surface area contributed by atoms with Gasteiger partial charge in [-0.3, -0.25) is 4.79 Å². The number of ether oxygens (including phenoxy) is 1. The fraction of sp³-hybridized carbons (Fsp3) is 0.533. The van der Waals surface area contributed by atoms with Gasteiger partial charge in [-0.15, -0.1) is 0 Å². The second-order valence-corrected chi connectivity index (χ2v) is 6.61. The van der Waals surface area contributed by atoms with Crippen molar-refractivity contribution in [3.8, 4) is 0 Å². The minimum absolute atomic E-state index is 0. The Morgan fingerprint density at radius 1 is 1.39 bits per heavy atom. The molecule has 0 bridgehead atoms. The number of anilines is 1. The maximum atomic E-state index is 12.4. The predicted molar refractivity (Wildman–Crippen MR) is 83.9 cm³/mol. The first-order valence-corrected chi connectivity index (χ1v) is 8.62. The van der Waals surface area contributed by atoms with Crippen LogP contribution in [0.25, 0.3) is 0 Å². The number of aryl methyl sites for hydroxylation is 2. The second-order valence-electron chi connectivity index (χ2n) is 5.21. The number of rotatable bonds is 7. The van der Waals surface area contributed by atoms with Crippen LogP contribution in [0.5, 0.6) is 0 Å². The molecular weight excluding hydrogens is 329 g/mol.